The summed E-state index contributed by atoms with van der Waals surface area (Å²) in [6, 6.07) is 0.503. The van der Waals surface area contributed by atoms with Crippen molar-refractivity contribution >= 4 is 8.80 Å². The van der Waals surface area contributed by atoms with E-state index < -0.39 is 8.80 Å². The molecule has 2 rings (SSSR count). The zero-order chi connectivity index (χ0) is 12.5. The number of nitrogens with one attached hydrogen (secondary N) is 1. The molecule has 0 spiro atoms. The topological polar surface area (TPSA) is 12.0 Å². The third-order valence-corrected chi connectivity index (χ3v) is 7.74. The minimum absolute atomic E-state index is 0.503. The lowest BCUT2D eigenvalue weighted by atomic mass is 9.93. The maximum Gasteiger partial charge on any atom is 0.0545 e. The normalized spacial score (nSPS) is 25.0. The Morgan fingerprint density at radius 3 is 2.06 bits per heavy atom. The van der Waals surface area contributed by atoms with Crippen molar-refractivity contribution in [1.82, 2.24) is 5.32 Å². The molecule has 2 aliphatic carbocycles. The van der Waals surface area contributed by atoms with Crippen LogP contribution in [0.1, 0.15) is 46.0 Å². The maximum absolute atomic E-state index is 4.00. The van der Waals surface area contributed by atoms with Gasteiger partial charge in [-0.3, -0.25) is 0 Å². The van der Waals surface area contributed by atoms with E-state index in [9.17, 15) is 0 Å². The zero-order valence-electron chi connectivity index (χ0n) is 11.8. The second-order valence-electron chi connectivity index (χ2n) is 6.24. The van der Waals surface area contributed by atoms with E-state index in [1.807, 2.05) is 0 Å². The van der Waals surface area contributed by atoms with Crippen molar-refractivity contribution in [3.8, 4) is 0 Å². The average Bonchev–Trinajstić information content (AvgIpc) is 2.59. The molecule has 0 bridgehead atoms. The monoisotopic (exact) mass is 249 g/mol. The predicted molar refractivity (Wildman–Crippen MR) is 79.1 cm³/mol. The van der Waals surface area contributed by atoms with Crippen molar-refractivity contribution in [1.29, 1.82) is 0 Å². The largest absolute Gasteiger partial charge is 0.305 e. The van der Waals surface area contributed by atoms with Crippen molar-refractivity contribution in [3.63, 3.8) is 0 Å². The fraction of sp³-hybridized carbons (Fsp3) is 0.733. The molecule has 0 heterocycles. The van der Waals surface area contributed by atoms with Crippen LogP contribution in [0.2, 0.25) is 13.1 Å². The molecule has 0 radical (unpaired) electrons. The summed E-state index contributed by atoms with van der Waals surface area (Å²) in [6.45, 7) is 9.49. The molecule has 0 aliphatic heterocycles. The van der Waals surface area contributed by atoms with Crippen LogP contribution in [0.3, 0.4) is 0 Å². The van der Waals surface area contributed by atoms with E-state index in [1.165, 1.54) is 43.3 Å². The summed E-state index contributed by atoms with van der Waals surface area (Å²) in [5.74, 6) is 0. The van der Waals surface area contributed by atoms with E-state index in [4.69, 9.17) is 0 Å². The molecule has 0 atom stereocenters. The molecule has 0 unspecified atom stereocenters. The van der Waals surface area contributed by atoms with Gasteiger partial charge in [0.25, 0.3) is 0 Å². The van der Waals surface area contributed by atoms with Crippen LogP contribution in [-0.2, 0) is 0 Å². The molecule has 0 amide bonds. The van der Waals surface area contributed by atoms with Gasteiger partial charge in [0.15, 0.2) is 0 Å². The third kappa shape index (κ3) is 2.74. The Labute approximate surface area is 108 Å². The number of allylic oxidation sites excluding steroid dienone is 2. The van der Waals surface area contributed by atoms with E-state index in [0.717, 1.165) is 0 Å². The lowest BCUT2D eigenvalue weighted by Crippen LogP contribution is -2.58. The summed E-state index contributed by atoms with van der Waals surface area (Å²) in [4.78, 5) is 0. The van der Waals surface area contributed by atoms with Crippen molar-refractivity contribution in [2.45, 2.75) is 70.2 Å². The average molecular weight is 249 g/mol. The number of hydrogen-bond acceptors (Lipinski definition) is 1. The fourth-order valence-corrected chi connectivity index (χ4v) is 5.42. The molecule has 0 saturated heterocycles. The second-order valence-corrected chi connectivity index (χ2v) is 9.66. The molecule has 1 fully saturated rings. The maximum atomic E-state index is 4.00. The van der Waals surface area contributed by atoms with Gasteiger partial charge < -0.3 is 5.32 Å². The smallest absolute Gasteiger partial charge is 0.0545 e. The highest BCUT2D eigenvalue weighted by molar-refractivity contribution is 6.59. The molecule has 96 valence electrons. The lowest BCUT2D eigenvalue weighted by Gasteiger charge is -2.43. The summed E-state index contributed by atoms with van der Waals surface area (Å²) in [5.41, 5.74) is 2.91. The van der Waals surface area contributed by atoms with Gasteiger partial charge in [0.1, 0.15) is 0 Å². The first kappa shape index (κ1) is 13.1. The SMILES string of the molecule is CC1=CC(NC2([SiH](C)C)CCCCC2)C=C1C. The van der Waals surface area contributed by atoms with Crippen LogP contribution < -0.4 is 5.32 Å². The summed E-state index contributed by atoms with van der Waals surface area (Å²) < 4.78 is 0. The highest BCUT2D eigenvalue weighted by Crippen LogP contribution is 2.32. The van der Waals surface area contributed by atoms with E-state index >= 15 is 0 Å². The Kier molecular flexibility index (Phi) is 3.94. The molecule has 1 N–H and O–H groups in total. The molecular weight excluding hydrogens is 222 g/mol. The van der Waals surface area contributed by atoms with Crippen LogP contribution in [0.4, 0.5) is 0 Å². The van der Waals surface area contributed by atoms with Gasteiger partial charge >= 0.3 is 0 Å². The number of rotatable bonds is 3. The summed E-state index contributed by atoms with van der Waals surface area (Å²) in [5, 5.41) is 4.52. The minimum Gasteiger partial charge on any atom is -0.305 e. The van der Waals surface area contributed by atoms with Crippen LogP contribution in [0, 0.1) is 0 Å². The van der Waals surface area contributed by atoms with E-state index in [0.29, 0.717) is 11.2 Å². The molecule has 17 heavy (non-hydrogen) atoms. The van der Waals surface area contributed by atoms with E-state index in [2.05, 4.69) is 44.4 Å². The third-order valence-electron chi connectivity index (χ3n) is 4.79. The van der Waals surface area contributed by atoms with Crippen LogP contribution in [0.5, 0.6) is 0 Å². The molecule has 2 aliphatic rings. The Hall–Kier alpha value is -0.343. The first-order valence-corrected chi connectivity index (χ1v) is 10.1. The molecule has 1 nitrogen and oxygen atoms in total. The van der Waals surface area contributed by atoms with Crippen molar-refractivity contribution in [3.05, 3.63) is 23.3 Å². The summed E-state index contributed by atoms with van der Waals surface area (Å²) >= 11 is 0. The van der Waals surface area contributed by atoms with Gasteiger partial charge in [-0.2, -0.15) is 0 Å². The number of hydrogen-bond donors (Lipinski definition) is 1. The Morgan fingerprint density at radius 1 is 1.06 bits per heavy atom. The van der Waals surface area contributed by atoms with Crippen molar-refractivity contribution in [2.24, 2.45) is 0 Å². The predicted octanol–water partition coefficient (Wildman–Crippen LogP) is 3.58. The van der Waals surface area contributed by atoms with Crippen molar-refractivity contribution in [2.75, 3.05) is 0 Å². The molecule has 0 aromatic heterocycles. The van der Waals surface area contributed by atoms with Crippen LogP contribution >= 0.6 is 0 Å². The van der Waals surface area contributed by atoms with Gasteiger partial charge in [0.2, 0.25) is 0 Å². The molecule has 0 aromatic carbocycles. The molecule has 2 heteroatoms. The van der Waals surface area contributed by atoms with Gasteiger partial charge in [-0.05, 0) is 26.7 Å². The second kappa shape index (κ2) is 5.11. The van der Waals surface area contributed by atoms with Gasteiger partial charge in [0, 0.05) is 11.2 Å². The molecule has 0 aromatic rings. The Bertz CT molecular complexity index is 317. The first-order valence-electron chi connectivity index (χ1n) is 7.18. The summed E-state index contributed by atoms with van der Waals surface area (Å²) in [7, 11) is -0.654. The van der Waals surface area contributed by atoms with Gasteiger partial charge in [0.05, 0.1) is 8.80 Å². The Balaban J connectivity index is 2.09. The summed E-state index contributed by atoms with van der Waals surface area (Å²) in [6.07, 6.45) is 11.9. The highest BCUT2D eigenvalue weighted by Gasteiger charge is 2.36. The van der Waals surface area contributed by atoms with Crippen LogP contribution in [-0.4, -0.2) is 20.0 Å². The van der Waals surface area contributed by atoms with Crippen LogP contribution in [0.15, 0.2) is 23.3 Å². The zero-order valence-corrected chi connectivity index (χ0v) is 13.0. The van der Waals surface area contributed by atoms with Gasteiger partial charge in [-0.15, -0.1) is 0 Å². The van der Waals surface area contributed by atoms with E-state index in [-0.39, 0.29) is 0 Å². The van der Waals surface area contributed by atoms with Crippen molar-refractivity contribution < 1.29 is 0 Å². The first-order chi connectivity index (χ1) is 8.03. The highest BCUT2D eigenvalue weighted by atomic mass is 28.3. The van der Waals surface area contributed by atoms with Gasteiger partial charge in [-0.25, -0.2) is 0 Å². The van der Waals surface area contributed by atoms with Crippen LogP contribution in [0.25, 0.3) is 0 Å². The quantitative estimate of drug-likeness (QED) is 0.754. The fourth-order valence-electron chi connectivity index (χ4n) is 3.34. The van der Waals surface area contributed by atoms with E-state index in [1.54, 1.807) is 0 Å². The van der Waals surface area contributed by atoms with Gasteiger partial charge in [-0.1, -0.05) is 55.7 Å². The Morgan fingerprint density at radius 2 is 1.59 bits per heavy atom. The lowest BCUT2D eigenvalue weighted by molar-refractivity contribution is 0.316. The molecule has 1 saturated carbocycles. The standard InChI is InChI=1S/C15H27NSi/c1-12-10-14(11-13(12)2)16-15(17(3)4)8-6-5-7-9-15/h10-11,14,16-17H,5-9H2,1-4H3. The molecular formula is C15H27NSi. The minimum atomic E-state index is -0.654.